The predicted molar refractivity (Wildman–Crippen MR) is 97.7 cm³/mol. The highest BCUT2D eigenvalue weighted by atomic mass is 16.2. The first kappa shape index (κ1) is 17.1. The van der Waals surface area contributed by atoms with Crippen LogP contribution in [0.25, 0.3) is 0 Å². The normalized spacial score (nSPS) is 26.2. The van der Waals surface area contributed by atoms with Gasteiger partial charge in [-0.15, -0.1) is 0 Å². The number of para-hydroxylation sites is 1. The molecule has 1 atom stereocenters. The molecule has 1 aromatic carbocycles. The smallest absolute Gasteiger partial charge is 0.323 e. The molecule has 26 heavy (non-hydrogen) atoms. The third-order valence-corrected chi connectivity index (χ3v) is 6.20. The summed E-state index contributed by atoms with van der Waals surface area (Å²) in [5.74, 6) is -0.304. The van der Waals surface area contributed by atoms with Crippen LogP contribution in [-0.4, -0.2) is 41.4 Å². The van der Waals surface area contributed by atoms with Gasteiger partial charge in [-0.2, -0.15) is 0 Å². The zero-order valence-corrected chi connectivity index (χ0v) is 15.2. The van der Waals surface area contributed by atoms with Gasteiger partial charge in [0.2, 0.25) is 5.91 Å². The van der Waals surface area contributed by atoms with Crippen LogP contribution < -0.4 is 10.2 Å². The average Bonchev–Trinajstić information content (AvgIpc) is 3.18. The Balaban J connectivity index is 1.49. The number of anilines is 1. The van der Waals surface area contributed by atoms with Gasteiger partial charge in [0.1, 0.15) is 12.1 Å². The molecule has 138 valence electrons. The van der Waals surface area contributed by atoms with E-state index in [4.69, 9.17) is 0 Å². The molecular formula is C20H25N3O3. The van der Waals surface area contributed by atoms with Crippen molar-refractivity contribution in [2.24, 2.45) is 5.92 Å². The Morgan fingerprint density at radius 1 is 1.19 bits per heavy atom. The van der Waals surface area contributed by atoms with Crippen LogP contribution in [0, 0.1) is 5.92 Å². The van der Waals surface area contributed by atoms with Crippen LogP contribution >= 0.6 is 0 Å². The Labute approximate surface area is 153 Å². The quantitative estimate of drug-likeness (QED) is 0.847. The van der Waals surface area contributed by atoms with Crippen molar-refractivity contribution in [3.05, 3.63) is 29.8 Å². The molecule has 0 bridgehead atoms. The zero-order valence-electron chi connectivity index (χ0n) is 15.2. The van der Waals surface area contributed by atoms with Gasteiger partial charge >= 0.3 is 6.03 Å². The van der Waals surface area contributed by atoms with Gasteiger partial charge in [0.05, 0.1) is 0 Å². The molecule has 0 spiro atoms. The summed E-state index contributed by atoms with van der Waals surface area (Å²) in [7, 11) is 0. The highest BCUT2D eigenvalue weighted by molar-refractivity contribution is 6.10. The minimum atomic E-state index is -0.874. The zero-order chi connectivity index (χ0) is 18.3. The molecule has 2 aliphatic heterocycles. The maximum absolute atomic E-state index is 13.0. The van der Waals surface area contributed by atoms with Gasteiger partial charge in [0, 0.05) is 12.2 Å². The fourth-order valence-electron chi connectivity index (χ4n) is 4.63. The fraction of sp³-hybridized carbons (Fsp3) is 0.550. The minimum absolute atomic E-state index is 0.153. The average molecular weight is 355 g/mol. The summed E-state index contributed by atoms with van der Waals surface area (Å²) in [6.07, 6.45) is 6.07. The second-order valence-electron chi connectivity index (χ2n) is 7.78. The summed E-state index contributed by atoms with van der Waals surface area (Å²) in [5, 5.41) is 2.88. The van der Waals surface area contributed by atoms with Gasteiger partial charge in [-0.05, 0) is 43.7 Å². The van der Waals surface area contributed by atoms with Crippen molar-refractivity contribution < 1.29 is 14.4 Å². The number of imide groups is 1. The van der Waals surface area contributed by atoms with E-state index in [-0.39, 0.29) is 24.3 Å². The van der Waals surface area contributed by atoms with Crippen molar-refractivity contribution in [2.45, 2.75) is 51.0 Å². The maximum atomic E-state index is 13.0. The largest absolute Gasteiger partial charge is 0.325 e. The molecular weight excluding hydrogens is 330 g/mol. The number of hydrogen-bond acceptors (Lipinski definition) is 3. The van der Waals surface area contributed by atoms with Crippen LogP contribution in [0.15, 0.2) is 24.3 Å². The maximum Gasteiger partial charge on any atom is 0.325 e. The summed E-state index contributed by atoms with van der Waals surface area (Å²) < 4.78 is 0. The number of carbonyl (C=O) groups is 3. The molecule has 1 unspecified atom stereocenters. The van der Waals surface area contributed by atoms with Crippen LogP contribution in [0.2, 0.25) is 0 Å². The van der Waals surface area contributed by atoms with Gasteiger partial charge in [-0.25, -0.2) is 4.79 Å². The molecule has 1 aliphatic carbocycles. The fourth-order valence-corrected chi connectivity index (χ4v) is 4.63. The number of hydrogen-bond donors (Lipinski definition) is 1. The van der Waals surface area contributed by atoms with E-state index < -0.39 is 11.6 Å². The van der Waals surface area contributed by atoms with Crippen molar-refractivity contribution in [3.8, 4) is 0 Å². The van der Waals surface area contributed by atoms with Crippen LogP contribution in [0.1, 0.15) is 44.6 Å². The highest BCUT2D eigenvalue weighted by Crippen LogP contribution is 2.36. The third kappa shape index (κ3) is 2.68. The van der Waals surface area contributed by atoms with E-state index >= 15 is 0 Å². The number of fused-ring (bicyclic) bond motifs is 1. The van der Waals surface area contributed by atoms with Gasteiger partial charge in [0.25, 0.3) is 5.91 Å². The summed E-state index contributed by atoms with van der Waals surface area (Å²) in [6.45, 7) is 2.22. The van der Waals surface area contributed by atoms with Gasteiger partial charge < -0.3 is 10.2 Å². The standard InChI is InChI=1S/C20H25N3O3/c1-20(15-8-3-2-4-9-15)18(25)23(19(26)21-20)13-17(24)22-12-11-14-7-5-6-10-16(14)22/h5-7,10,15H,2-4,8-9,11-13H2,1H3,(H,21,26). The Morgan fingerprint density at radius 2 is 1.92 bits per heavy atom. The van der Waals surface area contributed by atoms with E-state index in [0.717, 1.165) is 48.3 Å². The number of nitrogens with zero attached hydrogens (tertiary/aromatic N) is 2. The van der Waals surface area contributed by atoms with Gasteiger partial charge in [-0.3, -0.25) is 14.5 Å². The lowest BCUT2D eigenvalue weighted by molar-refractivity contribution is -0.135. The van der Waals surface area contributed by atoms with E-state index in [0.29, 0.717) is 6.54 Å². The first-order valence-corrected chi connectivity index (χ1v) is 9.53. The molecule has 1 saturated heterocycles. The summed E-state index contributed by atoms with van der Waals surface area (Å²) >= 11 is 0. The predicted octanol–water partition coefficient (Wildman–Crippen LogP) is 2.47. The minimum Gasteiger partial charge on any atom is -0.323 e. The Kier molecular flexibility index (Phi) is 4.21. The number of nitrogens with one attached hydrogen (secondary N) is 1. The topological polar surface area (TPSA) is 69.7 Å². The van der Waals surface area contributed by atoms with Crippen molar-refractivity contribution in [2.75, 3.05) is 18.0 Å². The summed E-state index contributed by atoms with van der Waals surface area (Å²) in [6, 6.07) is 7.34. The number of urea groups is 1. The molecule has 0 radical (unpaired) electrons. The Hall–Kier alpha value is -2.37. The van der Waals surface area contributed by atoms with Gasteiger partial charge in [0.15, 0.2) is 0 Å². The van der Waals surface area contributed by atoms with E-state index in [1.54, 1.807) is 4.90 Å². The molecule has 4 rings (SSSR count). The summed E-state index contributed by atoms with van der Waals surface area (Å²) in [4.78, 5) is 41.1. The molecule has 4 amide bonds. The lowest BCUT2D eigenvalue weighted by Crippen LogP contribution is -2.51. The molecule has 2 fully saturated rings. The third-order valence-electron chi connectivity index (χ3n) is 6.20. The van der Waals surface area contributed by atoms with E-state index in [1.807, 2.05) is 31.2 Å². The molecule has 2 heterocycles. The molecule has 6 nitrogen and oxygen atoms in total. The first-order chi connectivity index (χ1) is 12.5. The lowest BCUT2D eigenvalue weighted by Gasteiger charge is -2.34. The second-order valence-corrected chi connectivity index (χ2v) is 7.78. The number of amides is 4. The van der Waals surface area contributed by atoms with Crippen molar-refractivity contribution in [1.29, 1.82) is 0 Å². The van der Waals surface area contributed by atoms with Crippen LogP contribution in [0.4, 0.5) is 10.5 Å². The van der Waals surface area contributed by atoms with E-state index in [2.05, 4.69) is 5.32 Å². The number of benzene rings is 1. The molecule has 0 aromatic heterocycles. The van der Waals surface area contributed by atoms with Crippen LogP contribution in [-0.2, 0) is 16.0 Å². The van der Waals surface area contributed by atoms with E-state index in [1.165, 1.54) is 6.42 Å². The molecule has 3 aliphatic rings. The molecule has 1 N–H and O–H groups in total. The first-order valence-electron chi connectivity index (χ1n) is 9.53. The Bertz CT molecular complexity index is 756. The SMILES string of the molecule is CC1(C2CCCCC2)NC(=O)N(CC(=O)N2CCc3ccccc32)C1=O. The van der Waals surface area contributed by atoms with Crippen LogP contribution in [0.5, 0.6) is 0 Å². The second kappa shape index (κ2) is 6.41. The van der Waals surface area contributed by atoms with Gasteiger partial charge in [-0.1, -0.05) is 37.5 Å². The van der Waals surface area contributed by atoms with E-state index in [9.17, 15) is 14.4 Å². The Morgan fingerprint density at radius 3 is 2.69 bits per heavy atom. The highest BCUT2D eigenvalue weighted by Gasteiger charge is 2.52. The van der Waals surface area contributed by atoms with Crippen molar-refractivity contribution in [3.63, 3.8) is 0 Å². The number of carbonyl (C=O) groups excluding carboxylic acids is 3. The summed E-state index contributed by atoms with van der Waals surface area (Å²) in [5.41, 5.74) is 1.14. The molecule has 1 saturated carbocycles. The van der Waals surface area contributed by atoms with Crippen molar-refractivity contribution >= 4 is 23.5 Å². The number of rotatable bonds is 3. The molecule has 1 aromatic rings. The lowest BCUT2D eigenvalue weighted by atomic mass is 9.75. The van der Waals surface area contributed by atoms with Crippen LogP contribution in [0.3, 0.4) is 0 Å². The van der Waals surface area contributed by atoms with Crippen molar-refractivity contribution in [1.82, 2.24) is 10.2 Å². The molecule has 6 heteroatoms. The monoisotopic (exact) mass is 355 g/mol.